The molecule has 1 saturated heterocycles. The van der Waals surface area contributed by atoms with Crippen LogP contribution in [0.1, 0.15) is 36.6 Å². The third-order valence-corrected chi connectivity index (χ3v) is 8.01. The summed E-state index contributed by atoms with van der Waals surface area (Å²) in [5, 5.41) is 2.69. The van der Waals surface area contributed by atoms with Crippen molar-refractivity contribution in [2.45, 2.75) is 45.2 Å². The zero-order valence-electron chi connectivity index (χ0n) is 15.0. The second kappa shape index (κ2) is 8.85. The van der Waals surface area contributed by atoms with Gasteiger partial charge in [0, 0.05) is 35.6 Å². The van der Waals surface area contributed by atoms with Crippen LogP contribution < -0.4 is 0 Å². The van der Waals surface area contributed by atoms with E-state index in [1.165, 1.54) is 4.88 Å². The van der Waals surface area contributed by atoms with Gasteiger partial charge in [0.2, 0.25) is 0 Å². The molecule has 26 heavy (non-hydrogen) atoms. The van der Waals surface area contributed by atoms with E-state index in [-0.39, 0.29) is 6.04 Å². The van der Waals surface area contributed by atoms with Crippen LogP contribution >= 0.6 is 22.9 Å². The number of hydrogen-bond donors (Lipinski definition) is 0. The van der Waals surface area contributed by atoms with Gasteiger partial charge in [-0.1, -0.05) is 36.2 Å². The minimum atomic E-state index is -3.50. The maximum Gasteiger partial charge on any atom is 0.282 e. The summed E-state index contributed by atoms with van der Waals surface area (Å²) in [4.78, 5) is 1.20. The number of rotatable bonds is 7. The smallest absolute Gasteiger partial charge is 0.195 e. The van der Waals surface area contributed by atoms with Gasteiger partial charge in [-0.2, -0.15) is 17.0 Å². The van der Waals surface area contributed by atoms with Crippen molar-refractivity contribution in [3.8, 4) is 0 Å². The minimum Gasteiger partial charge on any atom is -0.195 e. The largest absolute Gasteiger partial charge is 0.282 e. The van der Waals surface area contributed by atoms with E-state index in [4.69, 9.17) is 11.6 Å². The fourth-order valence-corrected chi connectivity index (χ4v) is 6.11. The minimum absolute atomic E-state index is 0.115. The number of halogens is 1. The van der Waals surface area contributed by atoms with E-state index in [1.54, 1.807) is 19.9 Å². The Morgan fingerprint density at radius 2 is 1.85 bits per heavy atom. The van der Waals surface area contributed by atoms with Crippen molar-refractivity contribution in [3.05, 3.63) is 57.2 Å². The molecule has 0 aliphatic carbocycles. The number of benzene rings is 1. The molecule has 1 fully saturated rings. The first-order valence-electron chi connectivity index (χ1n) is 9.00. The molecule has 2 aromatic rings. The summed E-state index contributed by atoms with van der Waals surface area (Å²) in [6.45, 7) is 3.59. The molecule has 0 saturated carbocycles. The lowest BCUT2D eigenvalue weighted by Gasteiger charge is -2.35. The number of hydrogen-bond acceptors (Lipinski definition) is 3. The second-order valence-corrected chi connectivity index (χ2v) is 10.1. The van der Waals surface area contributed by atoms with Gasteiger partial charge in [-0.15, -0.1) is 11.3 Å². The zero-order chi connectivity index (χ0) is 18.6. The molecular weight excluding hydrogens is 388 g/mol. The Morgan fingerprint density at radius 3 is 2.46 bits per heavy atom. The standard InChI is InChI=1S/C19H25ClN2O2S2/c1-16(14-19-6-5-13-25-19)22(15-17-7-9-18(20)10-8-17)26(23,24)21-11-3-2-4-12-21/h5-10,13,16H,2-4,11-12,14-15H2,1H3. The molecular formula is C19H25ClN2O2S2. The molecule has 2 heterocycles. The average Bonchev–Trinajstić information content (AvgIpc) is 3.14. The normalized spacial score (nSPS) is 17.5. The fraction of sp³-hybridized carbons (Fsp3) is 0.474. The topological polar surface area (TPSA) is 40.6 Å². The summed E-state index contributed by atoms with van der Waals surface area (Å²) in [6.07, 6.45) is 3.70. The van der Waals surface area contributed by atoms with Gasteiger partial charge in [-0.25, -0.2) is 0 Å². The van der Waals surface area contributed by atoms with E-state index in [1.807, 2.05) is 42.6 Å². The Balaban J connectivity index is 1.85. The SMILES string of the molecule is CC(Cc1cccs1)N(Cc1ccc(Cl)cc1)S(=O)(=O)N1CCCCC1. The fourth-order valence-electron chi connectivity index (χ4n) is 3.30. The van der Waals surface area contributed by atoms with Gasteiger partial charge in [-0.3, -0.25) is 0 Å². The Morgan fingerprint density at radius 1 is 1.15 bits per heavy atom. The van der Waals surface area contributed by atoms with Gasteiger partial charge in [0.25, 0.3) is 10.2 Å². The molecule has 1 aliphatic heterocycles. The van der Waals surface area contributed by atoms with Gasteiger partial charge in [0.1, 0.15) is 0 Å². The predicted molar refractivity (Wildman–Crippen MR) is 109 cm³/mol. The molecule has 0 spiro atoms. The zero-order valence-corrected chi connectivity index (χ0v) is 17.4. The second-order valence-electron chi connectivity index (χ2n) is 6.77. The number of nitrogens with zero attached hydrogens (tertiary/aromatic N) is 2. The molecule has 1 atom stereocenters. The Bertz CT molecular complexity index is 785. The summed E-state index contributed by atoms with van der Waals surface area (Å²) >= 11 is 7.65. The summed E-state index contributed by atoms with van der Waals surface area (Å²) in [5.74, 6) is 0. The molecule has 0 amide bonds. The van der Waals surface area contributed by atoms with Crippen LogP contribution in [0.5, 0.6) is 0 Å². The van der Waals surface area contributed by atoms with Crippen molar-refractivity contribution in [2.75, 3.05) is 13.1 Å². The number of thiophene rings is 1. The summed E-state index contributed by atoms with van der Waals surface area (Å²) < 4.78 is 30.0. The lowest BCUT2D eigenvalue weighted by atomic mass is 10.1. The first-order chi connectivity index (χ1) is 12.5. The lowest BCUT2D eigenvalue weighted by Crippen LogP contribution is -2.49. The van der Waals surface area contributed by atoms with E-state index in [0.29, 0.717) is 24.7 Å². The van der Waals surface area contributed by atoms with Gasteiger partial charge in [0.05, 0.1) is 0 Å². The van der Waals surface area contributed by atoms with Crippen LogP contribution in [0.2, 0.25) is 5.02 Å². The van der Waals surface area contributed by atoms with Crippen molar-refractivity contribution in [3.63, 3.8) is 0 Å². The Labute approximate surface area is 165 Å². The van der Waals surface area contributed by atoms with Crippen LogP contribution in [0.25, 0.3) is 0 Å². The molecule has 4 nitrogen and oxygen atoms in total. The molecule has 1 aromatic heterocycles. The van der Waals surface area contributed by atoms with Gasteiger partial charge in [-0.05, 0) is 55.3 Å². The van der Waals surface area contributed by atoms with Crippen LogP contribution in [0.15, 0.2) is 41.8 Å². The van der Waals surface area contributed by atoms with Crippen LogP contribution in [0, 0.1) is 0 Å². The highest BCUT2D eigenvalue weighted by Crippen LogP contribution is 2.24. The monoisotopic (exact) mass is 412 g/mol. The highest BCUT2D eigenvalue weighted by Gasteiger charge is 2.34. The van der Waals surface area contributed by atoms with Crippen LogP contribution in [-0.2, 0) is 23.2 Å². The van der Waals surface area contributed by atoms with E-state index < -0.39 is 10.2 Å². The van der Waals surface area contributed by atoms with Crippen LogP contribution in [0.3, 0.4) is 0 Å². The molecule has 1 aromatic carbocycles. The van der Waals surface area contributed by atoms with Crippen molar-refractivity contribution in [2.24, 2.45) is 0 Å². The van der Waals surface area contributed by atoms with E-state index in [0.717, 1.165) is 31.2 Å². The summed E-state index contributed by atoms with van der Waals surface area (Å²) in [5.41, 5.74) is 0.952. The third-order valence-electron chi connectivity index (χ3n) is 4.76. The molecule has 3 rings (SSSR count). The molecule has 1 unspecified atom stereocenters. The molecule has 142 valence electrons. The highest BCUT2D eigenvalue weighted by atomic mass is 35.5. The van der Waals surface area contributed by atoms with Crippen molar-refractivity contribution < 1.29 is 8.42 Å². The van der Waals surface area contributed by atoms with E-state index >= 15 is 0 Å². The van der Waals surface area contributed by atoms with Crippen LogP contribution in [0.4, 0.5) is 0 Å². The van der Waals surface area contributed by atoms with Gasteiger partial charge >= 0.3 is 0 Å². The predicted octanol–water partition coefficient (Wildman–Crippen LogP) is 4.57. The first-order valence-corrected chi connectivity index (χ1v) is 11.7. The maximum atomic E-state index is 13.4. The van der Waals surface area contributed by atoms with E-state index in [2.05, 4.69) is 6.07 Å². The van der Waals surface area contributed by atoms with Crippen LogP contribution in [-0.4, -0.2) is 36.2 Å². The Hall–Kier alpha value is -0.920. The third kappa shape index (κ3) is 4.87. The quantitative estimate of drug-likeness (QED) is 0.668. The highest BCUT2D eigenvalue weighted by molar-refractivity contribution is 7.86. The van der Waals surface area contributed by atoms with Crippen molar-refractivity contribution in [1.82, 2.24) is 8.61 Å². The first kappa shape index (κ1) is 19.8. The summed E-state index contributed by atoms with van der Waals surface area (Å²) in [7, 11) is -3.50. The molecule has 0 bridgehead atoms. The molecule has 0 N–H and O–H groups in total. The van der Waals surface area contributed by atoms with Gasteiger partial charge in [0.15, 0.2) is 0 Å². The van der Waals surface area contributed by atoms with Crippen molar-refractivity contribution >= 4 is 33.1 Å². The maximum absolute atomic E-state index is 13.4. The Kier molecular flexibility index (Phi) is 6.75. The van der Waals surface area contributed by atoms with E-state index in [9.17, 15) is 8.42 Å². The molecule has 1 aliphatic rings. The average molecular weight is 413 g/mol. The molecule has 7 heteroatoms. The summed E-state index contributed by atoms with van der Waals surface area (Å²) in [6, 6.07) is 11.4. The van der Waals surface area contributed by atoms with Crippen molar-refractivity contribution in [1.29, 1.82) is 0 Å². The van der Waals surface area contributed by atoms with Gasteiger partial charge < -0.3 is 0 Å². The lowest BCUT2D eigenvalue weighted by molar-refractivity contribution is 0.269. The number of piperidine rings is 1. The molecule has 0 radical (unpaired) electrons.